The lowest BCUT2D eigenvalue weighted by Crippen LogP contribution is -2.13. The van der Waals surface area contributed by atoms with E-state index in [0.29, 0.717) is 5.92 Å². The van der Waals surface area contributed by atoms with Crippen molar-refractivity contribution in [2.75, 3.05) is 0 Å². The number of hydrogen-bond donors (Lipinski definition) is 0. The lowest BCUT2D eigenvalue weighted by molar-refractivity contribution is 0.585. The van der Waals surface area contributed by atoms with Crippen LogP contribution in [0, 0.1) is 0 Å². The summed E-state index contributed by atoms with van der Waals surface area (Å²) in [5, 5.41) is 0. The molecule has 0 aliphatic heterocycles. The van der Waals surface area contributed by atoms with E-state index in [1.807, 2.05) is 6.08 Å². The Balaban J connectivity index is 3.29. The molecule has 1 aromatic carbocycles. The lowest BCUT2D eigenvalue weighted by Gasteiger charge is -2.23. The first-order valence-corrected chi connectivity index (χ1v) is 6.08. The second-order valence-corrected chi connectivity index (χ2v) is 5.78. The molecule has 0 nitrogen and oxygen atoms in total. The van der Waals surface area contributed by atoms with Crippen LogP contribution in [0.3, 0.4) is 0 Å². The van der Waals surface area contributed by atoms with Crippen LogP contribution in [0.2, 0.25) is 0 Å². The minimum Gasteiger partial charge on any atom is -0.102 e. The van der Waals surface area contributed by atoms with Crippen LogP contribution >= 0.6 is 15.9 Å². The van der Waals surface area contributed by atoms with Gasteiger partial charge in [-0.25, -0.2) is 0 Å². The van der Waals surface area contributed by atoms with Crippen molar-refractivity contribution in [3.8, 4) is 0 Å². The summed E-state index contributed by atoms with van der Waals surface area (Å²) in [4.78, 5) is 0. The van der Waals surface area contributed by atoms with Crippen LogP contribution in [0.5, 0.6) is 0 Å². The number of hydrogen-bond acceptors (Lipinski definition) is 0. The molecular formula is C14H19Br. The molecule has 0 aliphatic rings. The molecule has 15 heavy (non-hydrogen) atoms. The van der Waals surface area contributed by atoms with Crippen LogP contribution in [0.4, 0.5) is 0 Å². The smallest absolute Gasteiger partial charge is 0.0250 e. The molecular weight excluding hydrogens is 248 g/mol. The van der Waals surface area contributed by atoms with E-state index in [4.69, 9.17) is 0 Å². The molecule has 0 bridgehead atoms. The van der Waals surface area contributed by atoms with Crippen molar-refractivity contribution in [2.24, 2.45) is 0 Å². The minimum atomic E-state index is 0.176. The van der Waals surface area contributed by atoms with Crippen molar-refractivity contribution in [2.45, 2.75) is 39.0 Å². The Morgan fingerprint density at radius 3 is 2.40 bits per heavy atom. The van der Waals surface area contributed by atoms with Gasteiger partial charge in [0.2, 0.25) is 0 Å². The average molecular weight is 267 g/mol. The minimum absolute atomic E-state index is 0.176. The van der Waals surface area contributed by atoms with Gasteiger partial charge >= 0.3 is 0 Å². The first-order chi connectivity index (χ1) is 6.88. The van der Waals surface area contributed by atoms with Crippen LogP contribution in [-0.2, 0) is 5.41 Å². The molecule has 0 aliphatic carbocycles. The molecule has 0 heterocycles. The summed E-state index contributed by atoms with van der Waals surface area (Å²) in [5.41, 5.74) is 2.85. The fraction of sp³-hybridized carbons (Fsp3) is 0.429. The molecule has 0 spiro atoms. The highest BCUT2D eigenvalue weighted by atomic mass is 79.9. The Kier molecular flexibility index (Phi) is 3.77. The maximum absolute atomic E-state index is 3.85. The van der Waals surface area contributed by atoms with E-state index < -0.39 is 0 Å². The molecule has 0 N–H and O–H groups in total. The fourth-order valence-electron chi connectivity index (χ4n) is 1.61. The zero-order valence-corrected chi connectivity index (χ0v) is 11.6. The Bertz CT molecular complexity index is 358. The first kappa shape index (κ1) is 12.5. The number of allylic oxidation sites excluding steroid dienone is 1. The maximum atomic E-state index is 3.85. The van der Waals surface area contributed by atoms with Crippen molar-refractivity contribution in [1.29, 1.82) is 0 Å². The monoisotopic (exact) mass is 266 g/mol. The van der Waals surface area contributed by atoms with Gasteiger partial charge in [0.15, 0.2) is 0 Å². The molecule has 1 rings (SSSR count). The van der Waals surface area contributed by atoms with E-state index in [1.54, 1.807) is 0 Å². The second kappa shape index (κ2) is 4.52. The summed E-state index contributed by atoms with van der Waals surface area (Å²) in [6.45, 7) is 12.7. The third-order valence-electron chi connectivity index (χ3n) is 2.68. The van der Waals surface area contributed by atoms with Gasteiger partial charge in [-0.15, -0.1) is 6.58 Å². The highest BCUT2D eigenvalue weighted by molar-refractivity contribution is 9.10. The van der Waals surface area contributed by atoms with E-state index in [-0.39, 0.29) is 5.41 Å². The molecule has 0 saturated carbocycles. The maximum Gasteiger partial charge on any atom is 0.0250 e. The van der Waals surface area contributed by atoms with Crippen LogP contribution in [0.15, 0.2) is 35.3 Å². The van der Waals surface area contributed by atoms with Gasteiger partial charge < -0.3 is 0 Å². The van der Waals surface area contributed by atoms with E-state index in [1.165, 1.54) is 15.6 Å². The molecule has 1 unspecified atom stereocenters. The largest absolute Gasteiger partial charge is 0.102 e. The lowest BCUT2D eigenvalue weighted by atomic mass is 9.85. The van der Waals surface area contributed by atoms with Crippen LogP contribution in [0.1, 0.15) is 44.7 Å². The van der Waals surface area contributed by atoms with Crippen molar-refractivity contribution in [3.63, 3.8) is 0 Å². The summed E-state index contributed by atoms with van der Waals surface area (Å²) >= 11 is 3.71. The molecule has 0 aromatic heterocycles. The Labute approximate surface area is 102 Å². The molecule has 82 valence electrons. The molecule has 1 atom stereocenters. The molecule has 0 fully saturated rings. The highest BCUT2D eigenvalue weighted by Crippen LogP contribution is 2.35. The van der Waals surface area contributed by atoms with Gasteiger partial charge in [-0.1, -0.05) is 67.9 Å². The molecule has 0 radical (unpaired) electrons. The van der Waals surface area contributed by atoms with Gasteiger partial charge in [0.05, 0.1) is 0 Å². The average Bonchev–Trinajstić information content (AvgIpc) is 2.15. The van der Waals surface area contributed by atoms with Crippen molar-refractivity contribution < 1.29 is 0 Å². The second-order valence-electron chi connectivity index (χ2n) is 4.98. The first-order valence-electron chi connectivity index (χ1n) is 5.29. The van der Waals surface area contributed by atoms with Gasteiger partial charge in [-0.2, -0.15) is 0 Å². The van der Waals surface area contributed by atoms with Gasteiger partial charge in [0.25, 0.3) is 0 Å². The van der Waals surface area contributed by atoms with E-state index >= 15 is 0 Å². The number of rotatable bonds is 2. The van der Waals surface area contributed by atoms with E-state index in [9.17, 15) is 0 Å². The Morgan fingerprint density at radius 2 is 1.93 bits per heavy atom. The van der Waals surface area contributed by atoms with Gasteiger partial charge in [-0.3, -0.25) is 0 Å². The topological polar surface area (TPSA) is 0 Å². The van der Waals surface area contributed by atoms with Gasteiger partial charge in [0.1, 0.15) is 0 Å². The summed E-state index contributed by atoms with van der Waals surface area (Å²) < 4.78 is 1.23. The third kappa shape index (κ3) is 2.72. The molecule has 1 heteroatoms. The quantitative estimate of drug-likeness (QED) is 0.659. The normalized spacial score (nSPS) is 13.7. The zero-order valence-electron chi connectivity index (χ0n) is 9.97. The van der Waals surface area contributed by atoms with Crippen molar-refractivity contribution >= 4 is 15.9 Å². The van der Waals surface area contributed by atoms with Gasteiger partial charge in [0, 0.05) is 4.47 Å². The Morgan fingerprint density at radius 1 is 1.33 bits per heavy atom. The molecule has 0 saturated heterocycles. The third-order valence-corrected chi connectivity index (χ3v) is 3.57. The summed E-state index contributed by atoms with van der Waals surface area (Å²) in [7, 11) is 0. The number of benzene rings is 1. The zero-order chi connectivity index (χ0) is 11.6. The fourth-order valence-corrected chi connectivity index (χ4v) is 2.83. The Hall–Kier alpha value is -0.560. The van der Waals surface area contributed by atoms with E-state index in [0.717, 1.165) is 0 Å². The standard InChI is InChI=1S/C14H19Br/c1-6-10(2)11-8-7-9-12(13(11)15)14(3,4)5/h6-10H,1H2,2-5H3. The molecule has 1 aromatic rings. The van der Waals surface area contributed by atoms with E-state index in [2.05, 4.69) is 68.4 Å². The van der Waals surface area contributed by atoms with Crippen LogP contribution in [-0.4, -0.2) is 0 Å². The summed E-state index contributed by atoms with van der Waals surface area (Å²) in [6, 6.07) is 6.47. The molecule has 0 amide bonds. The van der Waals surface area contributed by atoms with Gasteiger partial charge in [-0.05, 0) is 22.5 Å². The van der Waals surface area contributed by atoms with Crippen molar-refractivity contribution in [3.05, 3.63) is 46.5 Å². The van der Waals surface area contributed by atoms with Crippen molar-refractivity contribution in [1.82, 2.24) is 0 Å². The summed E-state index contributed by atoms with van der Waals surface area (Å²) in [5.74, 6) is 0.390. The van der Waals surface area contributed by atoms with Crippen LogP contribution in [0.25, 0.3) is 0 Å². The number of halogens is 1. The SMILES string of the molecule is C=CC(C)c1cccc(C(C)(C)C)c1Br. The predicted octanol–water partition coefficient (Wildman–Crippen LogP) is 5.04. The highest BCUT2D eigenvalue weighted by Gasteiger charge is 2.19. The summed E-state index contributed by atoms with van der Waals surface area (Å²) in [6.07, 6.45) is 1.98. The predicted molar refractivity (Wildman–Crippen MR) is 71.5 cm³/mol. The van der Waals surface area contributed by atoms with Crippen LogP contribution < -0.4 is 0 Å².